The Labute approximate surface area is 209 Å². The standard InChI is InChI=1S/C27H28N6O3/c1-17-5-9-19(10-6-17)33-24(16-23(32-33)27(2,3)4)31-26(35)30-18-7-11-20(12-8-18)36-21-13-14-29-22(15-21)25(28)34/h5-16H,1-4H3,(H2,28,34)(H2,30,31,35). The fourth-order valence-electron chi connectivity index (χ4n) is 3.35. The number of hydrogen-bond acceptors (Lipinski definition) is 5. The Hall–Kier alpha value is -4.66. The topological polar surface area (TPSA) is 124 Å². The van der Waals surface area contributed by atoms with E-state index in [4.69, 9.17) is 15.6 Å². The summed E-state index contributed by atoms with van der Waals surface area (Å²) in [7, 11) is 0. The maximum Gasteiger partial charge on any atom is 0.324 e. The SMILES string of the molecule is Cc1ccc(-n2nc(C(C)(C)C)cc2NC(=O)Nc2ccc(Oc3ccnc(C(N)=O)c3)cc2)cc1. The van der Waals surface area contributed by atoms with Gasteiger partial charge in [0.2, 0.25) is 0 Å². The van der Waals surface area contributed by atoms with Crippen LogP contribution in [0, 0.1) is 6.92 Å². The molecule has 0 radical (unpaired) electrons. The summed E-state index contributed by atoms with van der Waals surface area (Å²) in [4.78, 5) is 28.0. The van der Waals surface area contributed by atoms with Crippen molar-refractivity contribution in [1.82, 2.24) is 14.8 Å². The lowest BCUT2D eigenvalue weighted by molar-refractivity contribution is 0.0995. The first-order chi connectivity index (χ1) is 17.1. The van der Waals surface area contributed by atoms with Gasteiger partial charge in [0.15, 0.2) is 0 Å². The predicted molar refractivity (Wildman–Crippen MR) is 139 cm³/mol. The number of carbonyl (C=O) groups excluding carboxylic acids is 2. The Morgan fingerprint density at radius 2 is 1.61 bits per heavy atom. The minimum Gasteiger partial charge on any atom is -0.457 e. The molecule has 0 unspecified atom stereocenters. The van der Waals surface area contributed by atoms with Gasteiger partial charge in [-0.2, -0.15) is 5.10 Å². The lowest BCUT2D eigenvalue weighted by Crippen LogP contribution is -2.21. The van der Waals surface area contributed by atoms with Crippen molar-refractivity contribution in [2.24, 2.45) is 5.73 Å². The average molecular weight is 485 g/mol. The lowest BCUT2D eigenvalue weighted by atomic mass is 9.92. The molecule has 3 amide bonds. The first kappa shape index (κ1) is 24.5. The second-order valence-electron chi connectivity index (χ2n) is 9.36. The van der Waals surface area contributed by atoms with E-state index in [1.807, 2.05) is 37.3 Å². The van der Waals surface area contributed by atoms with E-state index in [1.165, 1.54) is 12.3 Å². The van der Waals surface area contributed by atoms with Gasteiger partial charge in [-0.1, -0.05) is 38.5 Å². The molecule has 9 heteroatoms. The Balaban J connectivity index is 1.47. The normalized spacial score (nSPS) is 11.1. The number of ether oxygens (including phenoxy) is 1. The Bertz CT molecular complexity index is 1390. The molecule has 184 valence electrons. The number of primary amides is 1. The van der Waals surface area contributed by atoms with Crippen LogP contribution in [0.2, 0.25) is 0 Å². The molecule has 0 saturated heterocycles. The van der Waals surface area contributed by atoms with E-state index in [9.17, 15) is 9.59 Å². The lowest BCUT2D eigenvalue weighted by Gasteiger charge is -2.14. The molecule has 0 aliphatic heterocycles. The molecule has 0 atom stereocenters. The molecule has 0 aliphatic carbocycles. The Morgan fingerprint density at radius 3 is 2.25 bits per heavy atom. The minimum atomic E-state index is -0.635. The first-order valence-electron chi connectivity index (χ1n) is 11.4. The number of pyridine rings is 1. The van der Waals surface area contributed by atoms with E-state index < -0.39 is 11.9 Å². The van der Waals surface area contributed by atoms with Gasteiger partial charge in [-0.3, -0.25) is 15.1 Å². The third kappa shape index (κ3) is 5.87. The number of benzene rings is 2. The van der Waals surface area contributed by atoms with Crippen LogP contribution in [0.3, 0.4) is 0 Å². The van der Waals surface area contributed by atoms with E-state index in [1.54, 1.807) is 35.0 Å². The van der Waals surface area contributed by atoms with Gasteiger partial charge in [-0.15, -0.1) is 0 Å². The molecule has 4 N–H and O–H groups in total. The van der Waals surface area contributed by atoms with Crippen LogP contribution >= 0.6 is 0 Å². The van der Waals surface area contributed by atoms with Crippen molar-refractivity contribution in [1.29, 1.82) is 0 Å². The zero-order valence-corrected chi connectivity index (χ0v) is 20.6. The first-order valence-corrected chi connectivity index (χ1v) is 11.4. The van der Waals surface area contributed by atoms with Crippen molar-refractivity contribution in [3.63, 3.8) is 0 Å². The van der Waals surface area contributed by atoms with Gasteiger partial charge in [0, 0.05) is 29.4 Å². The number of aromatic nitrogens is 3. The van der Waals surface area contributed by atoms with Gasteiger partial charge in [0.05, 0.1) is 11.4 Å². The number of nitrogens with two attached hydrogens (primary N) is 1. The maximum absolute atomic E-state index is 12.8. The van der Waals surface area contributed by atoms with Crippen molar-refractivity contribution in [3.05, 3.63) is 89.9 Å². The smallest absolute Gasteiger partial charge is 0.324 e. The molecule has 9 nitrogen and oxygen atoms in total. The fraction of sp³-hybridized carbons (Fsp3) is 0.185. The summed E-state index contributed by atoms with van der Waals surface area (Å²) in [5, 5.41) is 10.5. The summed E-state index contributed by atoms with van der Waals surface area (Å²) in [6.07, 6.45) is 1.45. The largest absolute Gasteiger partial charge is 0.457 e. The van der Waals surface area contributed by atoms with Gasteiger partial charge in [0.25, 0.3) is 5.91 Å². The van der Waals surface area contributed by atoms with Gasteiger partial charge in [-0.05, 0) is 49.4 Å². The van der Waals surface area contributed by atoms with E-state index in [0.717, 1.165) is 16.9 Å². The van der Waals surface area contributed by atoms with Crippen LogP contribution in [0.1, 0.15) is 42.5 Å². The molecule has 2 aromatic heterocycles. The molecule has 0 saturated carbocycles. The number of rotatable bonds is 6. The second-order valence-corrected chi connectivity index (χ2v) is 9.36. The molecule has 4 aromatic rings. The summed E-state index contributed by atoms with van der Waals surface area (Å²) in [5.74, 6) is 0.875. The number of hydrogen-bond donors (Lipinski definition) is 3. The highest BCUT2D eigenvalue weighted by molar-refractivity contribution is 5.99. The molecule has 2 aromatic carbocycles. The summed E-state index contributed by atoms with van der Waals surface area (Å²) >= 11 is 0. The predicted octanol–water partition coefficient (Wildman–Crippen LogP) is 5.41. The fourth-order valence-corrected chi connectivity index (χ4v) is 3.35. The highest BCUT2D eigenvalue weighted by Gasteiger charge is 2.21. The van der Waals surface area contributed by atoms with Gasteiger partial charge in [-0.25, -0.2) is 9.48 Å². The van der Waals surface area contributed by atoms with Gasteiger partial charge >= 0.3 is 6.03 Å². The highest BCUT2D eigenvalue weighted by Crippen LogP contribution is 2.27. The molecule has 0 bridgehead atoms. The van der Waals surface area contributed by atoms with E-state index in [0.29, 0.717) is 23.0 Å². The van der Waals surface area contributed by atoms with Crippen molar-refractivity contribution in [2.75, 3.05) is 10.6 Å². The van der Waals surface area contributed by atoms with Crippen LogP contribution in [0.25, 0.3) is 5.69 Å². The number of aryl methyl sites for hydroxylation is 1. The van der Waals surface area contributed by atoms with Crippen molar-refractivity contribution >= 4 is 23.4 Å². The van der Waals surface area contributed by atoms with Crippen molar-refractivity contribution < 1.29 is 14.3 Å². The molecule has 0 fully saturated rings. The van der Waals surface area contributed by atoms with E-state index in [2.05, 4.69) is 36.4 Å². The van der Waals surface area contributed by atoms with Crippen LogP contribution in [0.5, 0.6) is 11.5 Å². The zero-order valence-electron chi connectivity index (χ0n) is 20.6. The molecule has 36 heavy (non-hydrogen) atoms. The quantitative estimate of drug-likeness (QED) is 0.338. The van der Waals surface area contributed by atoms with Crippen molar-refractivity contribution in [2.45, 2.75) is 33.1 Å². The molecule has 0 aliphatic rings. The number of nitrogens with zero attached hydrogens (tertiary/aromatic N) is 3. The monoisotopic (exact) mass is 484 g/mol. The van der Waals surface area contributed by atoms with Crippen LogP contribution in [-0.2, 0) is 5.41 Å². The molecule has 0 spiro atoms. The average Bonchev–Trinajstić information content (AvgIpc) is 3.25. The van der Waals surface area contributed by atoms with Crippen LogP contribution in [0.15, 0.2) is 72.9 Å². The molecular formula is C27H28N6O3. The number of anilines is 2. The summed E-state index contributed by atoms with van der Waals surface area (Å²) in [6.45, 7) is 8.24. The second kappa shape index (κ2) is 9.91. The molecule has 4 rings (SSSR count). The van der Waals surface area contributed by atoms with Gasteiger partial charge in [0.1, 0.15) is 23.0 Å². The van der Waals surface area contributed by atoms with Crippen LogP contribution in [0.4, 0.5) is 16.3 Å². The van der Waals surface area contributed by atoms with Crippen LogP contribution < -0.4 is 21.1 Å². The number of nitrogens with one attached hydrogen (secondary N) is 2. The number of urea groups is 1. The summed E-state index contributed by atoms with van der Waals surface area (Å²) in [5.41, 5.74) is 8.60. The maximum atomic E-state index is 12.8. The number of amides is 3. The van der Waals surface area contributed by atoms with Crippen LogP contribution in [-0.4, -0.2) is 26.7 Å². The third-order valence-corrected chi connectivity index (χ3v) is 5.33. The van der Waals surface area contributed by atoms with E-state index in [-0.39, 0.29) is 11.1 Å². The van der Waals surface area contributed by atoms with Gasteiger partial charge < -0.3 is 15.8 Å². The minimum absolute atomic E-state index is 0.113. The zero-order chi connectivity index (χ0) is 25.9. The molecular weight excluding hydrogens is 456 g/mol. The highest BCUT2D eigenvalue weighted by atomic mass is 16.5. The Kier molecular flexibility index (Phi) is 6.73. The number of carbonyl (C=O) groups is 2. The summed E-state index contributed by atoms with van der Waals surface area (Å²) < 4.78 is 7.47. The van der Waals surface area contributed by atoms with E-state index >= 15 is 0 Å². The molecule has 2 heterocycles. The third-order valence-electron chi connectivity index (χ3n) is 5.33. The summed E-state index contributed by atoms with van der Waals surface area (Å²) in [6, 6.07) is 19.3. The van der Waals surface area contributed by atoms with Crippen molar-refractivity contribution in [3.8, 4) is 17.2 Å². The Morgan fingerprint density at radius 1 is 0.917 bits per heavy atom.